The number of amides is 2. The third-order valence-electron chi connectivity index (χ3n) is 6.97. The summed E-state index contributed by atoms with van der Waals surface area (Å²) >= 11 is 0. The molecule has 1 heterocycles. The van der Waals surface area contributed by atoms with E-state index in [0.29, 0.717) is 12.8 Å². The van der Waals surface area contributed by atoms with Gasteiger partial charge in [0.2, 0.25) is 15.9 Å². The van der Waals surface area contributed by atoms with Crippen molar-refractivity contribution in [1.29, 1.82) is 0 Å². The van der Waals surface area contributed by atoms with Crippen LogP contribution in [0.25, 0.3) is 0 Å². The van der Waals surface area contributed by atoms with Crippen molar-refractivity contribution < 1.29 is 35.9 Å². The maximum Gasteiger partial charge on any atom is 0.416 e. The van der Waals surface area contributed by atoms with E-state index in [9.17, 15) is 31.2 Å². The molecule has 1 N–H and O–H groups in total. The maximum absolute atomic E-state index is 13.3. The number of rotatable bonds is 6. The Morgan fingerprint density at radius 3 is 2.19 bits per heavy atom. The summed E-state index contributed by atoms with van der Waals surface area (Å²) in [5.74, 6) is -0.642. The molecule has 1 aliphatic carbocycles. The molecular weight excluding hydrogens is 511 g/mol. The Balaban J connectivity index is 1.69. The molecule has 3 rings (SSSR count). The topological polar surface area (TPSA) is 96.0 Å². The van der Waals surface area contributed by atoms with Crippen LogP contribution in [0.4, 0.5) is 18.0 Å². The molecule has 2 aliphatic rings. The normalized spacial score (nSPS) is 23.6. The number of nitrogens with zero attached hydrogens (tertiary/aromatic N) is 2. The van der Waals surface area contributed by atoms with Crippen molar-refractivity contribution in [3.05, 3.63) is 29.8 Å². The lowest BCUT2D eigenvalue weighted by molar-refractivity contribution is -0.137. The maximum atomic E-state index is 13.3. The minimum absolute atomic E-state index is 0.0237. The number of hydrogen-bond donors (Lipinski definition) is 1. The number of fused-ring (bicyclic) bond motifs is 1. The average molecular weight is 548 g/mol. The molecule has 208 valence electrons. The zero-order valence-corrected chi connectivity index (χ0v) is 22.8. The van der Waals surface area contributed by atoms with E-state index in [-0.39, 0.29) is 47.7 Å². The van der Waals surface area contributed by atoms with Gasteiger partial charge >= 0.3 is 12.3 Å². The van der Waals surface area contributed by atoms with Crippen LogP contribution in [-0.4, -0.2) is 67.4 Å². The molecule has 12 heteroatoms. The molecule has 1 unspecified atom stereocenters. The van der Waals surface area contributed by atoms with Crippen molar-refractivity contribution in [3.63, 3.8) is 0 Å². The largest absolute Gasteiger partial charge is 0.444 e. The van der Waals surface area contributed by atoms with Crippen LogP contribution in [-0.2, 0) is 25.7 Å². The Bertz CT molecular complexity index is 1100. The minimum atomic E-state index is -4.55. The monoisotopic (exact) mass is 547 g/mol. The summed E-state index contributed by atoms with van der Waals surface area (Å²) in [7, 11) is -2.47. The van der Waals surface area contributed by atoms with Crippen LogP contribution in [0.3, 0.4) is 0 Å². The summed E-state index contributed by atoms with van der Waals surface area (Å²) in [4.78, 5) is 26.9. The van der Waals surface area contributed by atoms with Crippen LogP contribution >= 0.6 is 0 Å². The molecule has 1 aromatic rings. The second-order valence-corrected chi connectivity index (χ2v) is 13.2. The van der Waals surface area contributed by atoms with Gasteiger partial charge in [-0.3, -0.25) is 9.69 Å². The highest BCUT2D eigenvalue weighted by molar-refractivity contribution is 7.89. The van der Waals surface area contributed by atoms with E-state index in [0.717, 1.165) is 24.3 Å². The van der Waals surface area contributed by atoms with Crippen LogP contribution in [0, 0.1) is 17.8 Å². The van der Waals surface area contributed by atoms with E-state index in [2.05, 4.69) is 5.32 Å². The lowest BCUT2D eigenvalue weighted by Crippen LogP contribution is -2.54. The number of hydrogen-bond acceptors (Lipinski definition) is 5. The molecule has 1 saturated heterocycles. The first-order chi connectivity index (χ1) is 16.9. The van der Waals surface area contributed by atoms with Crippen LogP contribution in [0.1, 0.15) is 53.0 Å². The lowest BCUT2D eigenvalue weighted by atomic mass is 9.96. The fraction of sp³-hybridized carbons (Fsp3) is 0.680. The van der Waals surface area contributed by atoms with Gasteiger partial charge < -0.3 is 10.1 Å². The third kappa shape index (κ3) is 6.57. The molecule has 4 atom stereocenters. The van der Waals surface area contributed by atoms with Gasteiger partial charge in [0, 0.05) is 26.2 Å². The van der Waals surface area contributed by atoms with Gasteiger partial charge in [0.1, 0.15) is 11.6 Å². The van der Waals surface area contributed by atoms with Crippen molar-refractivity contribution in [2.24, 2.45) is 17.8 Å². The first kappa shape index (κ1) is 29.2. The zero-order chi connectivity index (χ0) is 27.9. The quantitative estimate of drug-likeness (QED) is 0.578. The first-order valence-electron chi connectivity index (χ1n) is 12.4. The zero-order valence-electron chi connectivity index (χ0n) is 22.0. The van der Waals surface area contributed by atoms with E-state index < -0.39 is 39.5 Å². The predicted molar refractivity (Wildman–Crippen MR) is 131 cm³/mol. The molecule has 1 aliphatic heterocycles. The van der Waals surface area contributed by atoms with Crippen LogP contribution in [0.5, 0.6) is 0 Å². The molecule has 2 fully saturated rings. The fourth-order valence-electron chi connectivity index (χ4n) is 5.21. The first-order valence-corrected chi connectivity index (χ1v) is 13.8. The Morgan fingerprint density at radius 2 is 1.68 bits per heavy atom. The molecule has 0 aromatic heterocycles. The van der Waals surface area contributed by atoms with Crippen LogP contribution < -0.4 is 5.32 Å². The summed E-state index contributed by atoms with van der Waals surface area (Å²) in [6.07, 6.45) is -3.77. The SMILES string of the molecule is CC(C)C(C(=O)N[C@@H]1CC[C@H]2CN(S(=O)(=O)c3ccc(C(F)(F)F)cc3)C[C@H]21)N(C)C(=O)OC(C)(C)C. The summed E-state index contributed by atoms with van der Waals surface area (Å²) in [6, 6.07) is 2.43. The highest BCUT2D eigenvalue weighted by Crippen LogP contribution is 2.40. The molecular formula is C25H36F3N3O5S. The third-order valence-corrected chi connectivity index (χ3v) is 8.82. The van der Waals surface area contributed by atoms with Gasteiger partial charge in [-0.2, -0.15) is 17.5 Å². The fourth-order valence-corrected chi connectivity index (χ4v) is 6.74. The Morgan fingerprint density at radius 1 is 1.08 bits per heavy atom. The van der Waals surface area contributed by atoms with Crippen molar-refractivity contribution in [1.82, 2.24) is 14.5 Å². The van der Waals surface area contributed by atoms with E-state index in [1.807, 2.05) is 13.8 Å². The number of nitrogens with one attached hydrogen (secondary N) is 1. The highest BCUT2D eigenvalue weighted by atomic mass is 32.2. The predicted octanol–water partition coefficient (Wildman–Crippen LogP) is 4.11. The van der Waals surface area contributed by atoms with Crippen LogP contribution in [0.2, 0.25) is 0 Å². The van der Waals surface area contributed by atoms with Crippen molar-refractivity contribution in [3.8, 4) is 0 Å². The smallest absolute Gasteiger partial charge is 0.416 e. The van der Waals surface area contributed by atoms with Gasteiger partial charge in [0.25, 0.3) is 0 Å². The number of ether oxygens (including phenoxy) is 1. The lowest BCUT2D eigenvalue weighted by Gasteiger charge is -2.33. The Labute approximate surface area is 216 Å². The summed E-state index contributed by atoms with van der Waals surface area (Å²) in [5.41, 5.74) is -1.63. The highest BCUT2D eigenvalue weighted by Gasteiger charge is 2.47. The van der Waals surface area contributed by atoms with Crippen molar-refractivity contribution in [2.75, 3.05) is 20.1 Å². The second kappa shape index (κ2) is 10.4. The Kier molecular flexibility index (Phi) is 8.24. The van der Waals surface area contributed by atoms with Crippen LogP contribution in [0.15, 0.2) is 29.2 Å². The molecule has 1 aromatic carbocycles. The second-order valence-electron chi connectivity index (χ2n) is 11.2. The molecule has 0 bridgehead atoms. The van der Waals surface area contributed by atoms with Gasteiger partial charge in [-0.25, -0.2) is 13.2 Å². The van der Waals surface area contributed by atoms with Gasteiger partial charge in [-0.05, 0) is 75.6 Å². The summed E-state index contributed by atoms with van der Waals surface area (Å²) < 4.78 is 71.6. The summed E-state index contributed by atoms with van der Waals surface area (Å²) in [6.45, 7) is 9.29. The number of sulfonamides is 1. The van der Waals surface area contributed by atoms with Gasteiger partial charge in [0.05, 0.1) is 10.5 Å². The van der Waals surface area contributed by atoms with E-state index in [4.69, 9.17) is 4.74 Å². The number of halogens is 3. The molecule has 1 saturated carbocycles. The molecule has 37 heavy (non-hydrogen) atoms. The number of carbonyl (C=O) groups is 2. The molecule has 2 amide bonds. The standard InChI is InChI=1S/C25H36F3N3O5S/c1-15(2)21(30(6)23(33)36-24(3,4)5)22(32)29-20-12-7-16-13-31(14-19(16)20)37(34,35)18-10-8-17(9-11-18)25(26,27)28/h8-11,15-16,19-21H,7,12-14H2,1-6H3,(H,29,32)/t16-,19+,20+,21?/m0/s1. The van der Waals surface area contributed by atoms with E-state index >= 15 is 0 Å². The van der Waals surface area contributed by atoms with Gasteiger partial charge in [-0.1, -0.05) is 13.8 Å². The number of benzene rings is 1. The van der Waals surface area contributed by atoms with E-state index in [1.54, 1.807) is 20.8 Å². The number of alkyl halides is 3. The van der Waals surface area contributed by atoms with Crippen molar-refractivity contribution >= 4 is 22.0 Å². The number of carbonyl (C=O) groups excluding carboxylic acids is 2. The molecule has 8 nitrogen and oxygen atoms in total. The number of likely N-dealkylation sites (N-methyl/N-ethyl adjacent to an activating group) is 1. The molecule has 0 spiro atoms. The minimum Gasteiger partial charge on any atom is -0.444 e. The Hall–Kier alpha value is -2.34. The molecule has 0 radical (unpaired) electrons. The van der Waals surface area contributed by atoms with Gasteiger partial charge in [0.15, 0.2) is 0 Å². The average Bonchev–Trinajstić information content (AvgIpc) is 3.34. The van der Waals surface area contributed by atoms with E-state index in [1.165, 1.54) is 16.3 Å². The van der Waals surface area contributed by atoms with Crippen molar-refractivity contribution in [2.45, 2.75) is 76.2 Å². The van der Waals surface area contributed by atoms with Gasteiger partial charge in [-0.15, -0.1) is 0 Å². The summed E-state index contributed by atoms with van der Waals surface area (Å²) in [5, 5.41) is 3.03.